The molecule has 1 aliphatic heterocycles. The Hall–Kier alpha value is -2.90. The normalized spacial score (nSPS) is 14.2. The monoisotopic (exact) mass is 616 g/mol. The van der Waals surface area contributed by atoms with Gasteiger partial charge < -0.3 is 14.2 Å². The second-order valence-corrected chi connectivity index (χ2v) is 9.22. The minimum absolute atomic E-state index is 0.0772. The van der Waals surface area contributed by atoms with Gasteiger partial charge in [-0.1, -0.05) is 37.9 Å². The highest BCUT2D eigenvalue weighted by atomic mass is 79.9. The van der Waals surface area contributed by atoms with Crippen LogP contribution < -0.4 is 0 Å². The first-order chi connectivity index (χ1) is 16.5. The SMILES string of the molecule is COC(=O)C1(c2ccc(Br)cc2[N+](=O)[O-])CCOCC1.COC(=O)Cc1ccc(Br)cc1[N+](=O)[O-]. The molecule has 1 fully saturated rings. The topological polar surface area (TPSA) is 148 Å². The predicted octanol–water partition coefficient (Wildman–Crippen LogP) is 4.65. The molecule has 0 saturated carbocycles. The van der Waals surface area contributed by atoms with E-state index in [9.17, 15) is 29.8 Å². The smallest absolute Gasteiger partial charge is 0.316 e. The predicted molar refractivity (Wildman–Crippen MR) is 131 cm³/mol. The van der Waals surface area contributed by atoms with Crippen LogP contribution in [0.2, 0.25) is 0 Å². The van der Waals surface area contributed by atoms with Crippen molar-refractivity contribution in [2.45, 2.75) is 24.7 Å². The van der Waals surface area contributed by atoms with Gasteiger partial charge in [0.1, 0.15) is 5.41 Å². The molecule has 11 nitrogen and oxygen atoms in total. The molecule has 2 aromatic rings. The number of ether oxygens (including phenoxy) is 3. The maximum Gasteiger partial charge on any atom is 0.316 e. The second-order valence-electron chi connectivity index (χ2n) is 7.39. The molecule has 35 heavy (non-hydrogen) atoms. The number of benzene rings is 2. The number of nitro groups is 2. The van der Waals surface area contributed by atoms with Gasteiger partial charge in [0.2, 0.25) is 0 Å². The molecule has 0 amide bonds. The van der Waals surface area contributed by atoms with E-state index in [1.54, 1.807) is 18.2 Å². The lowest BCUT2D eigenvalue weighted by atomic mass is 9.73. The van der Waals surface area contributed by atoms with Crippen LogP contribution in [0.15, 0.2) is 45.3 Å². The molecule has 0 N–H and O–H groups in total. The van der Waals surface area contributed by atoms with E-state index >= 15 is 0 Å². The Morgan fingerprint density at radius 3 is 2.00 bits per heavy atom. The zero-order valence-corrected chi connectivity index (χ0v) is 22.0. The number of carbonyl (C=O) groups is 2. The van der Waals surface area contributed by atoms with Crippen LogP contribution in [0.5, 0.6) is 0 Å². The number of nitrogens with zero attached hydrogens (tertiary/aromatic N) is 2. The summed E-state index contributed by atoms with van der Waals surface area (Å²) < 4.78 is 15.8. The number of methoxy groups -OCH3 is 2. The van der Waals surface area contributed by atoms with Gasteiger partial charge in [-0.25, -0.2) is 0 Å². The molecule has 3 rings (SSSR count). The largest absolute Gasteiger partial charge is 0.469 e. The van der Waals surface area contributed by atoms with E-state index in [1.165, 1.54) is 32.4 Å². The number of carbonyl (C=O) groups excluding carboxylic acids is 2. The number of nitro benzene ring substituents is 2. The van der Waals surface area contributed by atoms with E-state index in [0.29, 0.717) is 46.1 Å². The van der Waals surface area contributed by atoms with Gasteiger partial charge in [0.05, 0.1) is 30.5 Å². The van der Waals surface area contributed by atoms with E-state index in [0.717, 1.165) is 0 Å². The van der Waals surface area contributed by atoms with Gasteiger partial charge in [-0.2, -0.15) is 0 Å². The number of rotatable bonds is 6. The average Bonchev–Trinajstić information content (AvgIpc) is 2.85. The van der Waals surface area contributed by atoms with Crippen LogP contribution in [-0.2, 0) is 35.6 Å². The third-order valence-corrected chi connectivity index (χ3v) is 6.39. The quantitative estimate of drug-likeness (QED) is 0.256. The van der Waals surface area contributed by atoms with Crippen LogP contribution in [0.25, 0.3) is 0 Å². The summed E-state index contributed by atoms with van der Waals surface area (Å²) in [6, 6.07) is 9.26. The van der Waals surface area contributed by atoms with Crippen LogP contribution in [0.1, 0.15) is 24.0 Å². The molecule has 0 atom stereocenters. The van der Waals surface area contributed by atoms with E-state index in [4.69, 9.17) is 9.47 Å². The van der Waals surface area contributed by atoms with Crippen LogP contribution in [-0.4, -0.2) is 49.2 Å². The third kappa shape index (κ3) is 7.05. The van der Waals surface area contributed by atoms with Crippen molar-refractivity contribution in [1.82, 2.24) is 0 Å². The maximum absolute atomic E-state index is 12.2. The minimum Gasteiger partial charge on any atom is -0.469 e. The molecule has 2 aromatic carbocycles. The van der Waals surface area contributed by atoms with Gasteiger partial charge in [-0.15, -0.1) is 0 Å². The Balaban J connectivity index is 0.000000258. The van der Waals surface area contributed by atoms with E-state index in [-0.39, 0.29) is 17.8 Å². The summed E-state index contributed by atoms with van der Waals surface area (Å²) in [7, 11) is 2.54. The van der Waals surface area contributed by atoms with Crippen molar-refractivity contribution in [2.24, 2.45) is 0 Å². The molecule has 0 unspecified atom stereocenters. The van der Waals surface area contributed by atoms with Crippen LogP contribution in [0, 0.1) is 20.2 Å². The lowest BCUT2D eigenvalue weighted by molar-refractivity contribution is -0.386. The van der Waals surface area contributed by atoms with E-state index in [1.807, 2.05) is 0 Å². The maximum atomic E-state index is 12.2. The molecule has 1 saturated heterocycles. The number of hydrogen-bond donors (Lipinski definition) is 0. The Morgan fingerprint density at radius 2 is 1.49 bits per heavy atom. The summed E-state index contributed by atoms with van der Waals surface area (Å²) in [5.74, 6) is -0.952. The molecule has 0 aromatic heterocycles. The summed E-state index contributed by atoms with van der Waals surface area (Å²) in [4.78, 5) is 44.2. The van der Waals surface area contributed by atoms with Gasteiger partial charge in [-0.3, -0.25) is 29.8 Å². The van der Waals surface area contributed by atoms with Crippen molar-refractivity contribution in [1.29, 1.82) is 0 Å². The molecule has 188 valence electrons. The van der Waals surface area contributed by atoms with Gasteiger partial charge in [-0.05, 0) is 31.0 Å². The number of hydrogen-bond acceptors (Lipinski definition) is 9. The van der Waals surface area contributed by atoms with Crippen molar-refractivity contribution in [3.05, 3.63) is 76.7 Å². The highest BCUT2D eigenvalue weighted by molar-refractivity contribution is 9.10. The first-order valence-electron chi connectivity index (χ1n) is 10.2. The van der Waals surface area contributed by atoms with Gasteiger partial charge in [0.25, 0.3) is 11.4 Å². The van der Waals surface area contributed by atoms with Crippen LogP contribution >= 0.6 is 31.9 Å². The van der Waals surface area contributed by atoms with E-state index < -0.39 is 27.2 Å². The van der Waals surface area contributed by atoms with Gasteiger partial charge >= 0.3 is 11.9 Å². The zero-order chi connectivity index (χ0) is 26.2. The van der Waals surface area contributed by atoms with Crippen molar-refractivity contribution >= 4 is 55.2 Å². The van der Waals surface area contributed by atoms with Crippen LogP contribution in [0.3, 0.4) is 0 Å². The molecular weight excluding hydrogens is 596 g/mol. The summed E-state index contributed by atoms with van der Waals surface area (Å²) in [6.07, 6.45) is 0.657. The molecule has 0 radical (unpaired) electrons. The molecular formula is C22H22Br2N2O9. The molecule has 0 aliphatic carbocycles. The summed E-state index contributed by atoms with van der Waals surface area (Å²) in [6.45, 7) is 0.755. The molecule has 0 spiro atoms. The van der Waals surface area contributed by atoms with Crippen molar-refractivity contribution in [2.75, 3.05) is 27.4 Å². The van der Waals surface area contributed by atoms with Crippen LogP contribution in [0.4, 0.5) is 11.4 Å². The fourth-order valence-corrected chi connectivity index (χ4v) is 4.34. The Labute approximate surface area is 217 Å². The number of halogens is 2. The Bertz CT molecular complexity index is 1120. The second kappa shape index (κ2) is 12.7. The van der Waals surface area contributed by atoms with E-state index in [2.05, 4.69) is 36.6 Å². The standard InChI is InChI=1S/C13H14BrNO5.C9H8BrNO4/c1-19-12(16)13(4-6-20-7-5-13)10-3-2-9(14)8-11(10)15(17)18;1-15-9(12)4-6-2-3-7(10)5-8(6)11(13)14/h2-3,8H,4-7H2,1H3;2-3,5H,4H2,1H3. The fourth-order valence-electron chi connectivity index (χ4n) is 3.64. The van der Waals surface area contributed by atoms with Crippen molar-refractivity contribution in [3.63, 3.8) is 0 Å². The van der Waals surface area contributed by atoms with Gasteiger partial charge in [0.15, 0.2) is 0 Å². The molecule has 1 aliphatic rings. The minimum atomic E-state index is -1.00. The third-order valence-electron chi connectivity index (χ3n) is 5.40. The average molecular weight is 618 g/mol. The Kier molecular flexibility index (Phi) is 10.3. The molecule has 1 heterocycles. The lowest BCUT2D eigenvalue weighted by Gasteiger charge is -2.34. The molecule has 13 heteroatoms. The lowest BCUT2D eigenvalue weighted by Crippen LogP contribution is -2.42. The highest BCUT2D eigenvalue weighted by Crippen LogP contribution is 2.41. The van der Waals surface area contributed by atoms with Gasteiger partial charge in [0, 0.05) is 45.4 Å². The summed E-state index contributed by atoms with van der Waals surface area (Å²) in [5.41, 5.74) is -0.437. The first kappa shape index (κ1) is 28.3. The molecule has 0 bridgehead atoms. The summed E-state index contributed by atoms with van der Waals surface area (Å²) in [5, 5.41) is 21.9. The van der Waals surface area contributed by atoms with Crippen molar-refractivity contribution in [3.8, 4) is 0 Å². The first-order valence-corrected chi connectivity index (χ1v) is 11.7. The zero-order valence-electron chi connectivity index (χ0n) is 18.8. The van der Waals surface area contributed by atoms with Crippen molar-refractivity contribution < 1.29 is 33.6 Å². The number of esters is 2. The Morgan fingerprint density at radius 1 is 0.943 bits per heavy atom. The fraction of sp³-hybridized carbons (Fsp3) is 0.364. The summed E-state index contributed by atoms with van der Waals surface area (Å²) >= 11 is 6.34. The highest BCUT2D eigenvalue weighted by Gasteiger charge is 2.46.